The second-order valence-corrected chi connectivity index (χ2v) is 6.60. The van der Waals surface area contributed by atoms with Gasteiger partial charge in [0, 0.05) is 25.7 Å². The van der Waals surface area contributed by atoms with Crippen molar-refractivity contribution in [2.75, 3.05) is 34.4 Å². The molecule has 0 bridgehead atoms. The summed E-state index contributed by atoms with van der Waals surface area (Å²) in [5, 5.41) is 14.0. The maximum Gasteiger partial charge on any atom is 0.194 e. The molecule has 0 fully saturated rings. The lowest BCUT2D eigenvalue weighted by Crippen LogP contribution is -2.39. The maximum absolute atomic E-state index is 10.7. The molecule has 0 aromatic heterocycles. The van der Waals surface area contributed by atoms with Crippen LogP contribution in [0.25, 0.3) is 0 Å². The Labute approximate surface area is 167 Å². The minimum absolute atomic E-state index is 0.212. The maximum atomic E-state index is 10.7. The van der Waals surface area contributed by atoms with Crippen molar-refractivity contribution >= 4 is 5.96 Å². The van der Waals surface area contributed by atoms with Gasteiger partial charge >= 0.3 is 0 Å². The highest BCUT2D eigenvalue weighted by Gasteiger charge is 2.16. The summed E-state index contributed by atoms with van der Waals surface area (Å²) in [6.07, 6.45) is -0.800. The summed E-state index contributed by atoms with van der Waals surface area (Å²) < 4.78 is 10.6. The SMILES string of the molecule is CCNC(=NCC(O)c1cc(OC)ccc1OC)N(C)Cc1ccccc1C. The van der Waals surface area contributed by atoms with Crippen LogP contribution < -0.4 is 14.8 Å². The highest BCUT2D eigenvalue weighted by molar-refractivity contribution is 5.79. The topological polar surface area (TPSA) is 66.3 Å². The molecule has 0 aliphatic rings. The van der Waals surface area contributed by atoms with E-state index < -0.39 is 6.10 Å². The summed E-state index contributed by atoms with van der Waals surface area (Å²) in [5.74, 6) is 2.02. The number of nitrogens with zero attached hydrogens (tertiary/aromatic N) is 2. The zero-order chi connectivity index (χ0) is 20.5. The normalized spacial score (nSPS) is 12.4. The number of nitrogens with one attached hydrogen (secondary N) is 1. The molecule has 0 aliphatic heterocycles. The van der Waals surface area contributed by atoms with Crippen LogP contribution in [0, 0.1) is 6.92 Å². The fourth-order valence-corrected chi connectivity index (χ4v) is 2.96. The molecule has 1 unspecified atom stereocenters. The van der Waals surface area contributed by atoms with Crippen LogP contribution in [0.5, 0.6) is 11.5 Å². The minimum atomic E-state index is -0.800. The minimum Gasteiger partial charge on any atom is -0.497 e. The molecule has 2 aromatic rings. The van der Waals surface area contributed by atoms with E-state index in [1.807, 2.05) is 26.1 Å². The molecule has 0 aliphatic carbocycles. The molecule has 0 radical (unpaired) electrons. The number of benzene rings is 2. The van der Waals surface area contributed by atoms with Crippen LogP contribution in [0.1, 0.15) is 29.7 Å². The predicted octanol–water partition coefficient (Wildman–Crippen LogP) is 3.14. The van der Waals surface area contributed by atoms with Gasteiger partial charge in [-0.25, -0.2) is 0 Å². The number of aliphatic hydroxyl groups excluding tert-OH is 1. The first-order valence-corrected chi connectivity index (χ1v) is 9.44. The molecule has 0 saturated carbocycles. The van der Waals surface area contributed by atoms with E-state index in [1.54, 1.807) is 32.4 Å². The Bertz CT molecular complexity index is 792. The van der Waals surface area contributed by atoms with Crippen LogP contribution in [0.15, 0.2) is 47.5 Å². The lowest BCUT2D eigenvalue weighted by atomic mass is 10.1. The van der Waals surface area contributed by atoms with Crippen molar-refractivity contribution in [2.24, 2.45) is 4.99 Å². The Hall–Kier alpha value is -2.73. The van der Waals surface area contributed by atoms with E-state index in [9.17, 15) is 5.11 Å². The molecule has 1 atom stereocenters. The van der Waals surface area contributed by atoms with E-state index in [2.05, 4.69) is 34.3 Å². The van der Waals surface area contributed by atoms with Crippen LogP contribution in [0.3, 0.4) is 0 Å². The van der Waals surface area contributed by atoms with E-state index in [0.29, 0.717) is 17.1 Å². The molecular weight excluding hydrogens is 354 g/mol. The second-order valence-electron chi connectivity index (χ2n) is 6.60. The molecule has 6 nitrogen and oxygen atoms in total. The Kier molecular flexibility index (Phi) is 8.14. The molecule has 152 valence electrons. The number of hydrogen-bond donors (Lipinski definition) is 2. The van der Waals surface area contributed by atoms with Crippen molar-refractivity contribution in [1.82, 2.24) is 10.2 Å². The Balaban J connectivity index is 2.16. The molecule has 0 amide bonds. The van der Waals surface area contributed by atoms with Gasteiger partial charge in [-0.3, -0.25) is 4.99 Å². The van der Waals surface area contributed by atoms with E-state index in [0.717, 1.165) is 19.0 Å². The number of hydrogen-bond acceptors (Lipinski definition) is 4. The summed E-state index contributed by atoms with van der Waals surface area (Å²) >= 11 is 0. The zero-order valence-corrected chi connectivity index (χ0v) is 17.4. The summed E-state index contributed by atoms with van der Waals surface area (Å²) in [7, 11) is 5.17. The zero-order valence-electron chi connectivity index (χ0n) is 17.4. The standard InChI is InChI=1S/C22H31N3O3/c1-6-23-22(25(3)15-17-10-8-7-9-16(17)2)24-14-20(26)19-13-18(27-4)11-12-21(19)28-5/h7-13,20,26H,6,14-15H2,1-5H3,(H,23,24). The number of aryl methyl sites for hydroxylation is 1. The fraction of sp³-hybridized carbons (Fsp3) is 0.409. The molecule has 0 spiro atoms. The first-order valence-electron chi connectivity index (χ1n) is 9.44. The predicted molar refractivity (Wildman–Crippen MR) is 113 cm³/mol. The Morgan fingerprint density at radius 2 is 1.93 bits per heavy atom. The number of methoxy groups -OCH3 is 2. The lowest BCUT2D eigenvalue weighted by molar-refractivity contribution is 0.181. The van der Waals surface area contributed by atoms with E-state index in [1.165, 1.54) is 11.1 Å². The van der Waals surface area contributed by atoms with Crippen molar-refractivity contribution in [1.29, 1.82) is 0 Å². The smallest absolute Gasteiger partial charge is 0.194 e. The number of aliphatic imine (C=N–C) groups is 1. The first kappa shape index (κ1) is 21.6. The number of guanidine groups is 1. The third-order valence-electron chi connectivity index (χ3n) is 4.58. The van der Waals surface area contributed by atoms with Crippen LogP contribution in [0.2, 0.25) is 0 Å². The average molecular weight is 386 g/mol. The summed E-state index contributed by atoms with van der Waals surface area (Å²) in [4.78, 5) is 6.69. The van der Waals surface area contributed by atoms with Gasteiger partial charge in [0.05, 0.1) is 20.8 Å². The van der Waals surface area contributed by atoms with Gasteiger partial charge in [0.2, 0.25) is 0 Å². The van der Waals surface area contributed by atoms with Gasteiger partial charge in [0.1, 0.15) is 17.6 Å². The van der Waals surface area contributed by atoms with Crippen LogP contribution in [0.4, 0.5) is 0 Å². The number of ether oxygens (including phenoxy) is 2. The number of rotatable bonds is 8. The lowest BCUT2D eigenvalue weighted by Gasteiger charge is -2.23. The van der Waals surface area contributed by atoms with Crippen molar-refractivity contribution < 1.29 is 14.6 Å². The van der Waals surface area contributed by atoms with Crippen LogP contribution in [-0.4, -0.2) is 50.3 Å². The summed E-state index contributed by atoms with van der Waals surface area (Å²) in [6, 6.07) is 13.7. The summed E-state index contributed by atoms with van der Waals surface area (Å²) in [6.45, 7) is 5.82. The van der Waals surface area contributed by atoms with Gasteiger partial charge < -0.3 is 24.8 Å². The molecular formula is C22H31N3O3. The van der Waals surface area contributed by atoms with Crippen LogP contribution in [-0.2, 0) is 6.54 Å². The largest absolute Gasteiger partial charge is 0.497 e. The van der Waals surface area contributed by atoms with Gasteiger partial charge in [-0.1, -0.05) is 24.3 Å². The second kappa shape index (κ2) is 10.6. The van der Waals surface area contributed by atoms with Crippen molar-refractivity contribution in [3.8, 4) is 11.5 Å². The van der Waals surface area contributed by atoms with E-state index >= 15 is 0 Å². The molecule has 2 rings (SSSR count). The van der Waals surface area contributed by atoms with Crippen LogP contribution >= 0.6 is 0 Å². The third kappa shape index (κ3) is 5.63. The van der Waals surface area contributed by atoms with Gasteiger partial charge in [-0.15, -0.1) is 0 Å². The molecule has 2 N–H and O–H groups in total. The first-order chi connectivity index (χ1) is 13.5. The molecule has 0 saturated heterocycles. The van der Waals surface area contributed by atoms with E-state index in [-0.39, 0.29) is 6.54 Å². The fourth-order valence-electron chi connectivity index (χ4n) is 2.96. The summed E-state index contributed by atoms with van der Waals surface area (Å²) in [5.41, 5.74) is 3.14. The number of aliphatic hydroxyl groups is 1. The van der Waals surface area contributed by atoms with Crippen molar-refractivity contribution in [3.05, 3.63) is 59.2 Å². The van der Waals surface area contributed by atoms with Gasteiger partial charge in [0.15, 0.2) is 5.96 Å². The van der Waals surface area contributed by atoms with Gasteiger partial charge in [-0.05, 0) is 43.2 Å². The third-order valence-corrected chi connectivity index (χ3v) is 4.58. The molecule has 2 aromatic carbocycles. The Morgan fingerprint density at radius 1 is 1.18 bits per heavy atom. The van der Waals surface area contributed by atoms with E-state index in [4.69, 9.17) is 9.47 Å². The quantitative estimate of drug-likeness (QED) is 0.540. The molecule has 6 heteroatoms. The van der Waals surface area contributed by atoms with Crippen molar-refractivity contribution in [2.45, 2.75) is 26.5 Å². The van der Waals surface area contributed by atoms with Crippen molar-refractivity contribution in [3.63, 3.8) is 0 Å². The van der Waals surface area contributed by atoms with Gasteiger partial charge in [-0.2, -0.15) is 0 Å². The average Bonchev–Trinajstić information content (AvgIpc) is 2.71. The highest BCUT2D eigenvalue weighted by Crippen LogP contribution is 2.29. The molecule has 28 heavy (non-hydrogen) atoms. The molecule has 0 heterocycles. The monoisotopic (exact) mass is 385 g/mol. The highest BCUT2D eigenvalue weighted by atomic mass is 16.5. The Morgan fingerprint density at radius 3 is 2.57 bits per heavy atom. The van der Waals surface area contributed by atoms with Gasteiger partial charge in [0.25, 0.3) is 0 Å².